The number of benzene rings is 1. The largest absolute Gasteiger partial charge is 0.423 e. The summed E-state index contributed by atoms with van der Waals surface area (Å²) in [5.41, 5.74) is 0. The van der Waals surface area contributed by atoms with Gasteiger partial charge in [0.25, 0.3) is 0 Å². The van der Waals surface area contributed by atoms with Crippen LogP contribution in [0, 0.1) is 0 Å². The van der Waals surface area contributed by atoms with Crippen LogP contribution in [0.1, 0.15) is 0 Å². The lowest BCUT2D eigenvalue weighted by Crippen LogP contribution is -1.96. The molecule has 0 aliphatic rings. The summed E-state index contributed by atoms with van der Waals surface area (Å²) in [6, 6.07) is 5.51. The van der Waals surface area contributed by atoms with Gasteiger partial charge in [0.1, 0.15) is 5.75 Å². The molecule has 0 aliphatic heterocycles. The summed E-state index contributed by atoms with van der Waals surface area (Å²) in [4.78, 5) is 9.98. The second-order valence-electron chi connectivity index (χ2n) is 2.43. The molecule has 0 atom stereocenters. The number of carbonyl (C=O) groups excluding carboxylic acids is 1. The molecule has 0 aromatic heterocycles. The lowest BCUT2D eigenvalue weighted by atomic mass is 10.3. The van der Waals surface area contributed by atoms with Gasteiger partial charge in [-0.3, -0.25) is 0 Å². The van der Waals surface area contributed by atoms with Crippen LogP contribution >= 0.6 is 0 Å². The molecule has 0 fully saturated rings. The van der Waals surface area contributed by atoms with Gasteiger partial charge in [-0.25, -0.2) is 13.2 Å². The van der Waals surface area contributed by atoms with E-state index in [0.29, 0.717) is 0 Å². The Morgan fingerprint density at radius 3 is 2.15 bits per heavy atom. The summed E-state index contributed by atoms with van der Waals surface area (Å²) in [6.45, 7) is 1.24. The van der Waals surface area contributed by atoms with E-state index in [1.165, 1.54) is 30.7 Å². The van der Waals surface area contributed by atoms with E-state index in [0.717, 1.165) is 6.26 Å². The molecule has 0 bridgehead atoms. The topological polar surface area (TPSA) is 60.4 Å². The third kappa shape index (κ3) is 2.55. The van der Waals surface area contributed by atoms with Gasteiger partial charge in [0.2, 0.25) is 0 Å². The molecule has 1 aromatic carbocycles. The van der Waals surface area contributed by atoms with Crippen LogP contribution in [0.5, 0.6) is 5.75 Å². The number of sulfone groups is 1. The fourth-order valence-electron chi connectivity index (χ4n) is 0.803. The van der Waals surface area contributed by atoms with Crippen LogP contribution in [0.4, 0.5) is 0 Å². The van der Waals surface area contributed by atoms with Gasteiger partial charge in [0.15, 0.2) is 9.84 Å². The Labute approximate surface area is 76.1 Å². The van der Waals surface area contributed by atoms with Crippen molar-refractivity contribution in [2.24, 2.45) is 0 Å². The van der Waals surface area contributed by atoms with Crippen LogP contribution in [0.15, 0.2) is 29.2 Å². The molecule has 1 rings (SSSR count). The molecular formula is C8H7O4S. The SMILES string of the molecule is CS(=O)(=O)c1ccc(O[C]=O)cc1. The molecule has 0 N–H and O–H groups in total. The fraction of sp³-hybridized carbons (Fsp3) is 0.125. The summed E-state index contributed by atoms with van der Waals surface area (Å²) in [5.74, 6) is 0.266. The molecule has 1 radical (unpaired) electrons. The van der Waals surface area contributed by atoms with Crippen molar-refractivity contribution in [3.05, 3.63) is 24.3 Å². The Morgan fingerprint density at radius 1 is 1.23 bits per heavy atom. The lowest BCUT2D eigenvalue weighted by Gasteiger charge is -1.98. The standard InChI is InChI=1S/C8H7O4S/c1-13(10,11)8-4-2-7(3-5-8)12-6-9/h2-5H,1H3. The minimum Gasteiger partial charge on any atom is -0.418 e. The van der Waals surface area contributed by atoms with E-state index in [9.17, 15) is 13.2 Å². The second kappa shape index (κ2) is 3.57. The van der Waals surface area contributed by atoms with Gasteiger partial charge in [-0.15, -0.1) is 0 Å². The van der Waals surface area contributed by atoms with E-state index in [2.05, 4.69) is 4.74 Å². The van der Waals surface area contributed by atoms with E-state index in [1.54, 1.807) is 0 Å². The summed E-state index contributed by atoms with van der Waals surface area (Å²) < 4.78 is 26.3. The minimum absolute atomic E-state index is 0.186. The van der Waals surface area contributed by atoms with Crippen LogP contribution in [0.2, 0.25) is 0 Å². The maximum Gasteiger partial charge on any atom is 0.423 e. The highest BCUT2D eigenvalue weighted by Gasteiger charge is 2.05. The summed E-state index contributed by atoms with van der Waals surface area (Å²) in [6.07, 6.45) is 1.11. The molecule has 5 heteroatoms. The Bertz CT molecular complexity index is 391. The molecule has 0 aliphatic carbocycles. The molecule has 0 saturated heterocycles. The third-order valence-electron chi connectivity index (χ3n) is 1.41. The number of hydrogen-bond acceptors (Lipinski definition) is 4. The van der Waals surface area contributed by atoms with E-state index >= 15 is 0 Å². The van der Waals surface area contributed by atoms with Gasteiger partial charge in [0.05, 0.1) is 4.90 Å². The molecule has 0 spiro atoms. The Balaban J connectivity index is 3.01. The van der Waals surface area contributed by atoms with Crippen molar-refractivity contribution in [1.29, 1.82) is 0 Å². The highest BCUT2D eigenvalue weighted by Crippen LogP contribution is 2.14. The molecular weight excluding hydrogens is 192 g/mol. The number of hydrogen-bond donors (Lipinski definition) is 0. The van der Waals surface area contributed by atoms with Crippen LogP contribution in [-0.4, -0.2) is 21.1 Å². The lowest BCUT2D eigenvalue weighted by molar-refractivity contribution is 0.442. The van der Waals surface area contributed by atoms with Crippen molar-refractivity contribution in [2.75, 3.05) is 6.26 Å². The zero-order chi connectivity index (χ0) is 9.90. The van der Waals surface area contributed by atoms with Gasteiger partial charge in [-0.05, 0) is 24.3 Å². The van der Waals surface area contributed by atoms with E-state index in [4.69, 9.17) is 0 Å². The highest BCUT2D eigenvalue weighted by atomic mass is 32.2. The first-order valence-corrected chi connectivity index (χ1v) is 5.27. The highest BCUT2D eigenvalue weighted by molar-refractivity contribution is 7.90. The van der Waals surface area contributed by atoms with E-state index in [1.807, 2.05) is 0 Å². The van der Waals surface area contributed by atoms with Gasteiger partial charge in [0, 0.05) is 6.26 Å². The van der Waals surface area contributed by atoms with Crippen molar-refractivity contribution >= 4 is 16.3 Å². The summed E-state index contributed by atoms with van der Waals surface area (Å²) >= 11 is 0. The van der Waals surface area contributed by atoms with Gasteiger partial charge < -0.3 is 4.74 Å². The number of ether oxygens (including phenoxy) is 1. The van der Waals surface area contributed by atoms with Crippen molar-refractivity contribution in [2.45, 2.75) is 4.90 Å². The molecule has 0 saturated carbocycles. The van der Waals surface area contributed by atoms with Crippen LogP contribution in [-0.2, 0) is 14.6 Å². The van der Waals surface area contributed by atoms with E-state index < -0.39 is 9.84 Å². The zero-order valence-corrected chi connectivity index (χ0v) is 7.67. The second-order valence-corrected chi connectivity index (χ2v) is 4.44. The fourth-order valence-corrected chi connectivity index (χ4v) is 1.43. The molecule has 0 amide bonds. The first kappa shape index (κ1) is 9.73. The summed E-state index contributed by atoms with van der Waals surface area (Å²) in [5, 5.41) is 0. The molecule has 1 aromatic rings. The Kier molecular flexibility index (Phi) is 2.67. The molecule has 69 valence electrons. The molecule has 13 heavy (non-hydrogen) atoms. The first-order chi connectivity index (χ1) is 6.04. The van der Waals surface area contributed by atoms with Crippen LogP contribution < -0.4 is 4.74 Å². The van der Waals surface area contributed by atoms with Gasteiger partial charge in [-0.1, -0.05) is 0 Å². The molecule has 4 nitrogen and oxygen atoms in total. The van der Waals surface area contributed by atoms with E-state index in [-0.39, 0.29) is 10.6 Å². The van der Waals surface area contributed by atoms with Crippen molar-refractivity contribution in [3.8, 4) is 5.75 Å². The van der Waals surface area contributed by atoms with Gasteiger partial charge >= 0.3 is 6.47 Å². The minimum atomic E-state index is -3.19. The average molecular weight is 199 g/mol. The number of rotatable bonds is 3. The zero-order valence-electron chi connectivity index (χ0n) is 6.85. The van der Waals surface area contributed by atoms with Crippen LogP contribution in [0.25, 0.3) is 0 Å². The average Bonchev–Trinajstić information content (AvgIpc) is 2.04. The van der Waals surface area contributed by atoms with Crippen molar-refractivity contribution < 1.29 is 17.9 Å². The molecule has 0 heterocycles. The Morgan fingerprint density at radius 2 is 1.77 bits per heavy atom. The van der Waals surface area contributed by atoms with Crippen LogP contribution in [0.3, 0.4) is 0 Å². The first-order valence-electron chi connectivity index (χ1n) is 3.38. The monoisotopic (exact) mass is 199 g/mol. The quantitative estimate of drug-likeness (QED) is 0.712. The maximum absolute atomic E-state index is 11.0. The normalized spacial score (nSPS) is 10.8. The summed E-state index contributed by atoms with van der Waals surface area (Å²) in [7, 11) is -3.19. The predicted octanol–water partition coefficient (Wildman–Crippen LogP) is 0.536. The van der Waals surface area contributed by atoms with Crippen molar-refractivity contribution in [3.63, 3.8) is 0 Å². The molecule has 0 unspecified atom stereocenters. The smallest absolute Gasteiger partial charge is 0.418 e. The third-order valence-corrected chi connectivity index (χ3v) is 2.54. The Hall–Kier alpha value is -1.36. The predicted molar refractivity (Wildman–Crippen MR) is 45.9 cm³/mol. The van der Waals surface area contributed by atoms with Crippen molar-refractivity contribution in [1.82, 2.24) is 0 Å². The van der Waals surface area contributed by atoms with Gasteiger partial charge in [-0.2, -0.15) is 0 Å². The maximum atomic E-state index is 11.0.